The smallest absolute Gasteiger partial charge is 0.268 e. The summed E-state index contributed by atoms with van der Waals surface area (Å²) in [7, 11) is 0. The number of imide groups is 1. The van der Waals surface area contributed by atoms with Crippen LogP contribution in [-0.4, -0.2) is 26.6 Å². The molecule has 3 aromatic carbocycles. The molecule has 0 unspecified atom stereocenters. The minimum atomic E-state index is -4.65. The van der Waals surface area contributed by atoms with Crippen LogP contribution in [0.4, 0.5) is 29.7 Å². The van der Waals surface area contributed by atoms with E-state index in [0.29, 0.717) is 21.8 Å². The number of amides is 2. The Morgan fingerprint density at radius 1 is 0.925 bits per heavy atom. The number of halogens is 4. The quantitative estimate of drug-likeness (QED) is 0.133. The van der Waals surface area contributed by atoms with Gasteiger partial charge in [0.15, 0.2) is 5.13 Å². The minimum Gasteiger partial charge on any atom is -0.268 e. The zero-order valence-corrected chi connectivity index (χ0v) is 21.6. The van der Waals surface area contributed by atoms with Gasteiger partial charge in [-0.15, -0.1) is 11.3 Å². The van der Waals surface area contributed by atoms with Crippen molar-refractivity contribution in [2.75, 3.05) is 4.90 Å². The summed E-state index contributed by atoms with van der Waals surface area (Å²) in [6.07, 6.45) is -4.65. The number of nitrogens with zero attached hydrogens (tertiary/aromatic N) is 4. The zero-order chi connectivity index (χ0) is 29.4. The van der Waals surface area contributed by atoms with Crippen molar-refractivity contribution in [2.24, 2.45) is 0 Å². The molecule has 0 fully saturated rings. The maximum atomic E-state index is 13.8. The van der Waals surface area contributed by atoms with Crippen molar-refractivity contribution in [2.45, 2.75) is 13.1 Å². The van der Waals surface area contributed by atoms with Gasteiger partial charge in [0.1, 0.15) is 11.1 Å². The fraction of sp³-hybridized carbons (Fsp3) is 0.0800. The Morgan fingerprint density at radius 2 is 1.52 bits per heavy atom. The van der Waals surface area contributed by atoms with E-state index in [4.69, 9.17) is 11.6 Å². The molecule has 0 aliphatic carbocycles. The molecule has 15 heteroatoms. The van der Waals surface area contributed by atoms with Crippen molar-refractivity contribution < 1.29 is 32.6 Å². The van der Waals surface area contributed by atoms with E-state index in [0.717, 1.165) is 48.5 Å². The number of thiazole rings is 1. The topological polar surface area (TPSA) is 137 Å². The van der Waals surface area contributed by atoms with Gasteiger partial charge in [-0.1, -0.05) is 29.8 Å². The lowest BCUT2D eigenvalue weighted by molar-refractivity contribution is -0.385. The van der Waals surface area contributed by atoms with Crippen molar-refractivity contribution in [1.82, 2.24) is 4.98 Å². The summed E-state index contributed by atoms with van der Waals surface area (Å²) in [5, 5.41) is 24.1. The van der Waals surface area contributed by atoms with Crippen molar-refractivity contribution in [3.63, 3.8) is 0 Å². The third-order valence-corrected chi connectivity index (χ3v) is 6.60. The Labute approximate surface area is 231 Å². The largest absolute Gasteiger partial charge is 0.416 e. The fourth-order valence-electron chi connectivity index (χ4n) is 3.68. The predicted octanol–water partition coefficient (Wildman–Crippen LogP) is 7.09. The van der Waals surface area contributed by atoms with E-state index in [1.807, 2.05) is 0 Å². The molecular weight excluding hydrogens is 577 g/mol. The second kappa shape index (κ2) is 10.8. The number of hydrogen-bond acceptors (Lipinski definition) is 8. The highest BCUT2D eigenvalue weighted by Crippen LogP contribution is 2.36. The molecular formula is C25H14ClF3N4O6S. The van der Waals surface area contributed by atoms with Gasteiger partial charge in [0.2, 0.25) is 0 Å². The molecule has 2 amide bonds. The molecule has 0 aliphatic rings. The third kappa shape index (κ3) is 5.67. The van der Waals surface area contributed by atoms with Crippen LogP contribution >= 0.6 is 22.9 Å². The fourth-order valence-corrected chi connectivity index (χ4v) is 4.68. The van der Waals surface area contributed by atoms with Crippen LogP contribution in [-0.2, 0) is 6.18 Å². The Morgan fingerprint density at radius 3 is 2.12 bits per heavy atom. The number of rotatable bonds is 6. The van der Waals surface area contributed by atoms with Crippen LogP contribution in [0.2, 0.25) is 5.02 Å². The van der Waals surface area contributed by atoms with Gasteiger partial charge in [-0.3, -0.25) is 29.8 Å². The molecule has 0 N–H and O–H groups in total. The van der Waals surface area contributed by atoms with Crippen LogP contribution in [0, 0.1) is 27.2 Å². The summed E-state index contributed by atoms with van der Waals surface area (Å²) < 4.78 is 39.7. The van der Waals surface area contributed by atoms with Gasteiger partial charge >= 0.3 is 6.18 Å². The minimum absolute atomic E-state index is 0.00689. The van der Waals surface area contributed by atoms with E-state index < -0.39 is 61.0 Å². The summed E-state index contributed by atoms with van der Waals surface area (Å²) in [5.74, 6) is -2.51. The number of nitro groups is 2. The number of hydrogen-bond donors (Lipinski definition) is 0. The second-order valence-corrected chi connectivity index (χ2v) is 9.51. The standard InChI is InChI=1S/C25H14ClF3N4O6S/c1-13-5-7-20(32(36)37)17(9-13)22(34)31(23(35)18-11-16(26)6-8-21(18)33(38)39)24-30-19(12-40-24)14-3-2-4-15(10-14)25(27,28)29/h2-12H,1H3. The normalized spacial score (nSPS) is 11.2. The molecule has 1 aromatic heterocycles. The van der Waals surface area contributed by atoms with Crippen LogP contribution in [0.3, 0.4) is 0 Å². The van der Waals surface area contributed by atoms with Gasteiger partial charge in [0.05, 0.1) is 21.1 Å². The van der Waals surface area contributed by atoms with Crippen LogP contribution in [0.1, 0.15) is 31.8 Å². The lowest BCUT2D eigenvalue weighted by Crippen LogP contribution is -2.37. The van der Waals surface area contributed by atoms with Crippen molar-refractivity contribution in [3.8, 4) is 11.3 Å². The Hall–Kier alpha value is -4.69. The Balaban J connectivity index is 1.91. The SMILES string of the molecule is Cc1ccc([N+](=O)[O-])c(C(=O)N(C(=O)c2cc(Cl)ccc2[N+](=O)[O-])c2nc(-c3cccc(C(F)(F)F)c3)cs2)c1. The Kier molecular flexibility index (Phi) is 7.66. The molecule has 4 rings (SSSR count). The van der Waals surface area contributed by atoms with Crippen molar-refractivity contribution in [3.05, 3.63) is 114 Å². The summed E-state index contributed by atoms with van der Waals surface area (Å²) in [6, 6.07) is 10.8. The molecule has 1 heterocycles. The zero-order valence-electron chi connectivity index (χ0n) is 20.0. The van der Waals surface area contributed by atoms with E-state index >= 15 is 0 Å². The average Bonchev–Trinajstić information content (AvgIpc) is 3.37. The highest BCUT2D eigenvalue weighted by Gasteiger charge is 2.36. The van der Waals surface area contributed by atoms with Crippen molar-refractivity contribution in [1.29, 1.82) is 0 Å². The molecule has 0 atom stereocenters. The van der Waals surface area contributed by atoms with Gasteiger partial charge in [0.25, 0.3) is 23.2 Å². The lowest BCUT2D eigenvalue weighted by atomic mass is 10.1. The van der Waals surface area contributed by atoms with E-state index in [-0.39, 0.29) is 16.3 Å². The van der Waals surface area contributed by atoms with E-state index in [1.165, 1.54) is 17.5 Å². The number of benzene rings is 3. The first kappa shape index (κ1) is 28.3. The molecule has 0 saturated carbocycles. The first-order valence-corrected chi connectivity index (χ1v) is 12.2. The summed E-state index contributed by atoms with van der Waals surface area (Å²) in [5.41, 5.74) is -3.06. The Bertz CT molecular complexity index is 1620. The molecule has 0 spiro atoms. The van der Waals surface area contributed by atoms with Crippen molar-refractivity contribution >= 4 is 51.3 Å². The highest BCUT2D eigenvalue weighted by atomic mass is 35.5. The van der Waals surface area contributed by atoms with Gasteiger partial charge < -0.3 is 0 Å². The number of aryl methyl sites for hydroxylation is 1. The monoisotopic (exact) mass is 590 g/mol. The van der Waals surface area contributed by atoms with E-state index in [2.05, 4.69) is 4.98 Å². The molecule has 40 heavy (non-hydrogen) atoms. The molecule has 0 radical (unpaired) electrons. The van der Waals surface area contributed by atoms with Crippen LogP contribution < -0.4 is 4.90 Å². The van der Waals surface area contributed by atoms with Gasteiger partial charge in [0, 0.05) is 28.1 Å². The average molecular weight is 591 g/mol. The molecule has 10 nitrogen and oxygen atoms in total. The lowest BCUT2D eigenvalue weighted by Gasteiger charge is -2.18. The molecule has 204 valence electrons. The van der Waals surface area contributed by atoms with Crippen LogP contribution in [0.25, 0.3) is 11.3 Å². The van der Waals surface area contributed by atoms with E-state index in [1.54, 1.807) is 6.92 Å². The highest BCUT2D eigenvalue weighted by molar-refractivity contribution is 7.14. The van der Waals surface area contributed by atoms with E-state index in [9.17, 15) is 43.0 Å². The number of alkyl halides is 3. The number of anilines is 1. The van der Waals surface area contributed by atoms with Gasteiger partial charge in [-0.05, 0) is 42.8 Å². The van der Waals surface area contributed by atoms with Crippen LogP contribution in [0.15, 0.2) is 66.0 Å². The first-order valence-electron chi connectivity index (χ1n) is 11.0. The maximum absolute atomic E-state index is 13.8. The molecule has 0 bridgehead atoms. The second-order valence-electron chi connectivity index (χ2n) is 8.24. The predicted molar refractivity (Wildman–Crippen MR) is 140 cm³/mol. The number of nitro benzene ring substituents is 2. The summed E-state index contributed by atoms with van der Waals surface area (Å²) in [6.45, 7) is 1.55. The first-order chi connectivity index (χ1) is 18.8. The number of aromatic nitrogens is 1. The molecule has 0 aliphatic heterocycles. The van der Waals surface area contributed by atoms with Gasteiger partial charge in [-0.25, -0.2) is 9.88 Å². The van der Waals surface area contributed by atoms with Crippen LogP contribution in [0.5, 0.6) is 0 Å². The van der Waals surface area contributed by atoms with Gasteiger partial charge in [-0.2, -0.15) is 13.2 Å². The third-order valence-electron chi connectivity index (χ3n) is 5.54. The number of carbonyl (C=O) groups is 2. The molecule has 0 saturated heterocycles. The maximum Gasteiger partial charge on any atom is 0.416 e. The summed E-state index contributed by atoms with van der Waals surface area (Å²) >= 11 is 6.63. The number of carbonyl (C=O) groups excluding carboxylic acids is 2. The summed E-state index contributed by atoms with van der Waals surface area (Å²) in [4.78, 5) is 53.6. The molecule has 4 aromatic rings.